The summed E-state index contributed by atoms with van der Waals surface area (Å²) in [4.78, 5) is 13.8. The molecule has 0 aliphatic rings. The highest BCUT2D eigenvalue weighted by Crippen LogP contribution is 2.32. The van der Waals surface area contributed by atoms with Gasteiger partial charge in [-0.3, -0.25) is 0 Å². The molecule has 1 aromatic carbocycles. The van der Waals surface area contributed by atoms with Gasteiger partial charge in [-0.1, -0.05) is 42.3 Å². The fourth-order valence-corrected chi connectivity index (χ4v) is 3.09. The number of carbonyl (C=O) groups is 1. The third-order valence-corrected chi connectivity index (χ3v) is 5.22. The summed E-state index contributed by atoms with van der Waals surface area (Å²) < 4.78 is 6.35. The molecule has 0 bridgehead atoms. The molecule has 0 N–H and O–H groups in total. The highest BCUT2D eigenvalue weighted by molar-refractivity contribution is 9.10. The summed E-state index contributed by atoms with van der Waals surface area (Å²) in [6.07, 6.45) is 6.83. The van der Waals surface area contributed by atoms with Crippen LogP contribution in [0.3, 0.4) is 0 Å². The zero-order valence-electron chi connectivity index (χ0n) is 16.7. The van der Waals surface area contributed by atoms with Crippen molar-refractivity contribution in [2.24, 2.45) is 0 Å². The smallest absolute Gasteiger partial charge is 0.410 e. The van der Waals surface area contributed by atoms with Crippen molar-refractivity contribution in [2.75, 3.05) is 7.05 Å². The molecular weight excluding hydrogens is 414 g/mol. The lowest BCUT2D eigenvalue weighted by atomic mass is 10.0. The molecule has 144 valence electrons. The second-order valence-corrected chi connectivity index (χ2v) is 8.63. The topological polar surface area (TPSA) is 29.5 Å². The summed E-state index contributed by atoms with van der Waals surface area (Å²) >= 11 is 10.1. The van der Waals surface area contributed by atoms with Crippen molar-refractivity contribution >= 4 is 39.7 Å². The van der Waals surface area contributed by atoms with Crippen LogP contribution in [0.15, 0.2) is 28.3 Å². The van der Waals surface area contributed by atoms with Gasteiger partial charge in [-0.15, -0.1) is 0 Å². The van der Waals surface area contributed by atoms with E-state index in [1.807, 2.05) is 45.9 Å². The molecular formula is C21H29BrClNO2. The summed E-state index contributed by atoms with van der Waals surface area (Å²) in [6, 6.07) is 1.90. The van der Waals surface area contributed by atoms with Crippen LogP contribution in [0.5, 0.6) is 0 Å². The van der Waals surface area contributed by atoms with Crippen LogP contribution in [0.2, 0.25) is 5.02 Å². The van der Waals surface area contributed by atoms with Crippen LogP contribution in [0.1, 0.15) is 57.7 Å². The Kier molecular flexibility index (Phi) is 8.42. The Labute approximate surface area is 171 Å². The summed E-state index contributed by atoms with van der Waals surface area (Å²) in [5.74, 6) is 0. The van der Waals surface area contributed by atoms with Gasteiger partial charge in [0.2, 0.25) is 0 Å². The number of allylic oxidation sites excluding steroid dienone is 3. The van der Waals surface area contributed by atoms with Gasteiger partial charge in [-0.2, -0.15) is 0 Å². The normalized spacial score (nSPS) is 12.6. The fraction of sp³-hybridized carbons (Fsp3) is 0.476. The first kappa shape index (κ1) is 22.8. The third-order valence-electron chi connectivity index (χ3n) is 3.90. The number of rotatable bonds is 5. The summed E-state index contributed by atoms with van der Waals surface area (Å²) in [5, 5.41) is 0.677. The van der Waals surface area contributed by atoms with E-state index in [2.05, 4.69) is 35.9 Å². The Bertz CT molecular complexity index is 718. The van der Waals surface area contributed by atoms with E-state index in [1.165, 1.54) is 5.57 Å². The van der Waals surface area contributed by atoms with Crippen molar-refractivity contribution in [2.45, 2.75) is 60.1 Å². The Hall–Kier alpha value is -1.26. The minimum absolute atomic E-state index is 0.361. The van der Waals surface area contributed by atoms with E-state index < -0.39 is 5.60 Å². The van der Waals surface area contributed by atoms with E-state index in [4.69, 9.17) is 16.3 Å². The number of benzene rings is 1. The summed E-state index contributed by atoms with van der Waals surface area (Å²) in [5.41, 5.74) is 3.74. The molecule has 0 heterocycles. The quantitative estimate of drug-likeness (QED) is 0.453. The van der Waals surface area contributed by atoms with Gasteiger partial charge in [0.1, 0.15) is 5.60 Å². The van der Waals surface area contributed by atoms with Crippen molar-refractivity contribution in [1.82, 2.24) is 4.90 Å². The molecule has 1 aromatic rings. The lowest BCUT2D eigenvalue weighted by Gasteiger charge is -2.25. The molecule has 26 heavy (non-hydrogen) atoms. The SMILES string of the molecule is CC/C(C)=C/C=C\c1c(C)c(Cl)cc(CN(C)C(=O)OC(C)(C)C)c1Br. The van der Waals surface area contributed by atoms with Crippen LogP contribution in [0, 0.1) is 6.92 Å². The van der Waals surface area contributed by atoms with Gasteiger partial charge >= 0.3 is 6.09 Å². The van der Waals surface area contributed by atoms with Gasteiger partial charge in [0.05, 0.1) is 0 Å². The number of ether oxygens (including phenoxy) is 1. The fourth-order valence-electron chi connectivity index (χ4n) is 2.19. The van der Waals surface area contributed by atoms with Crippen LogP contribution in [0.4, 0.5) is 4.79 Å². The van der Waals surface area contributed by atoms with Crippen molar-refractivity contribution in [3.05, 3.63) is 50.0 Å². The predicted molar refractivity (Wildman–Crippen MR) is 115 cm³/mol. The standard InChI is InChI=1S/C21H29BrClNO2/c1-8-14(2)10-9-11-17-15(3)18(23)12-16(19(17)22)13-24(7)20(25)26-21(4,5)6/h9-12H,8,13H2,1-7H3/b11-9-,14-10+. The van der Waals surface area contributed by atoms with E-state index in [9.17, 15) is 4.79 Å². The van der Waals surface area contributed by atoms with Crippen LogP contribution in [0.25, 0.3) is 6.08 Å². The maximum Gasteiger partial charge on any atom is 0.410 e. The molecule has 0 aliphatic carbocycles. The minimum Gasteiger partial charge on any atom is -0.444 e. The monoisotopic (exact) mass is 441 g/mol. The van der Waals surface area contributed by atoms with E-state index in [0.29, 0.717) is 11.6 Å². The first-order chi connectivity index (χ1) is 12.0. The van der Waals surface area contributed by atoms with Crippen LogP contribution >= 0.6 is 27.5 Å². The second-order valence-electron chi connectivity index (χ2n) is 7.43. The van der Waals surface area contributed by atoms with Crippen molar-refractivity contribution < 1.29 is 9.53 Å². The molecule has 0 saturated carbocycles. The van der Waals surface area contributed by atoms with Gasteiger partial charge in [0.25, 0.3) is 0 Å². The first-order valence-electron chi connectivity index (χ1n) is 8.71. The van der Waals surface area contributed by atoms with Crippen LogP contribution in [-0.2, 0) is 11.3 Å². The Morgan fingerprint density at radius 2 is 2.00 bits per heavy atom. The summed E-state index contributed by atoms with van der Waals surface area (Å²) in [6.45, 7) is 12.2. The molecule has 0 fully saturated rings. The molecule has 5 heteroatoms. The van der Waals surface area contributed by atoms with Crippen LogP contribution < -0.4 is 0 Å². The molecule has 1 amide bonds. The number of hydrogen-bond donors (Lipinski definition) is 0. The van der Waals surface area contributed by atoms with Gasteiger partial charge in [0.15, 0.2) is 0 Å². The molecule has 0 aliphatic heterocycles. The lowest BCUT2D eigenvalue weighted by molar-refractivity contribution is 0.0285. The highest BCUT2D eigenvalue weighted by atomic mass is 79.9. The van der Waals surface area contributed by atoms with Crippen molar-refractivity contribution in [1.29, 1.82) is 0 Å². The predicted octanol–water partition coefficient (Wildman–Crippen LogP) is 7.15. The number of amides is 1. The number of carbonyl (C=O) groups excluding carboxylic acids is 1. The van der Waals surface area contributed by atoms with Crippen LogP contribution in [-0.4, -0.2) is 23.6 Å². The van der Waals surface area contributed by atoms with E-state index in [1.54, 1.807) is 11.9 Å². The number of halogens is 2. The van der Waals surface area contributed by atoms with E-state index in [-0.39, 0.29) is 6.09 Å². The average molecular weight is 443 g/mol. The van der Waals surface area contributed by atoms with Gasteiger partial charge in [-0.05, 0) is 79.7 Å². The second kappa shape index (κ2) is 9.61. The first-order valence-corrected chi connectivity index (χ1v) is 9.88. The number of hydrogen-bond acceptors (Lipinski definition) is 2. The lowest BCUT2D eigenvalue weighted by Crippen LogP contribution is -2.33. The molecule has 0 spiro atoms. The Morgan fingerprint density at radius 1 is 1.38 bits per heavy atom. The molecule has 1 rings (SSSR count). The molecule has 0 saturated heterocycles. The van der Waals surface area contributed by atoms with E-state index in [0.717, 1.165) is 27.6 Å². The Balaban J connectivity index is 3.12. The Morgan fingerprint density at radius 3 is 2.54 bits per heavy atom. The van der Waals surface area contributed by atoms with Crippen molar-refractivity contribution in [3.63, 3.8) is 0 Å². The van der Waals surface area contributed by atoms with Gasteiger partial charge < -0.3 is 9.64 Å². The molecule has 0 atom stereocenters. The minimum atomic E-state index is -0.523. The number of nitrogens with zero attached hydrogens (tertiary/aromatic N) is 1. The van der Waals surface area contributed by atoms with E-state index >= 15 is 0 Å². The molecule has 0 unspecified atom stereocenters. The molecule has 0 aromatic heterocycles. The largest absolute Gasteiger partial charge is 0.444 e. The van der Waals surface area contributed by atoms with Crippen molar-refractivity contribution in [3.8, 4) is 0 Å². The van der Waals surface area contributed by atoms with Gasteiger partial charge in [0, 0.05) is 23.1 Å². The average Bonchev–Trinajstić information content (AvgIpc) is 2.53. The third kappa shape index (κ3) is 6.81. The maximum absolute atomic E-state index is 12.2. The summed E-state index contributed by atoms with van der Waals surface area (Å²) in [7, 11) is 1.72. The molecule has 0 radical (unpaired) electrons. The zero-order valence-corrected chi connectivity index (χ0v) is 19.1. The van der Waals surface area contributed by atoms with Gasteiger partial charge in [-0.25, -0.2) is 4.79 Å². The zero-order chi connectivity index (χ0) is 20.1. The highest BCUT2D eigenvalue weighted by Gasteiger charge is 2.21. The molecule has 3 nitrogen and oxygen atoms in total. The maximum atomic E-state index is 12.2.